The van der Waals surface area contributed by atoms with E-state index in [1.165, 1.54) is 18.2 Å². The van der Waals surface area contributed by atoms with Crippen LogP contribution in [0.1, 0.15) is 12.0 Å². The number of aliphatic imine (C=N–C) groups is 1. The summed E-state index contributed by atoms with van der Waals surface area (Å²) >= 11 is 6.21. The van der Waals surface area contributed by atoms with Gasteiger partial charge in [-0.2, -0.15) is 8.78 Å². The lowest BCUT2D eigenvalue weighted by molar-refractivity contribution is -0.0506. The van der Waals surface area contributed by atoms with Crippen LogP contribution < -0.4 is 20.3 Å². The van der Waals surface area contributed by atoms with Gasteiger partial charge >= 0.3 is 6.61 Å². The number of benzene rings is 1. The zero-order chi connectivity index (χ0) is 20.8. The molecule has 1 fully saturated rings. The summed E-state index contributed by atoms with van der Waals surface area (Å²) in [5.74, 6) is 0.305. The quantitative estimate of drug-likeness (QED) is 0.546. The van der Waals surface area contributed by atoms with Gasteiger partial charge in [-0.05, 0) is 30.7 Å². The van der Waals surface area contributed by atoms with Crippen molar-refractivity contribution in [1.29, 1.82) is 0 Å². The van der Waals surface area contributed by atoms with Crippen molar-refractivity contribution in [2.75, 3.05) is 25.0 Å². The highest BCUT2D eigenvalue weighted by Crippen LogP contribution is 2.26. The van der Waals surface area contributed by atoms with Gasteiger partial charge in [-0.1, -0.05) is 17.7 Å². The van der Waals surface area contributed by atoms with Crippen LogP contribution in [0.25, 0.3) is 0 Å². The molecule has 6 nitrogen and oxygen atoms in total. The molecule has 10 heteroatoms. The monoisotopic (exact) mass is 427 g/mol. The Morgan fingerprint density at radius 3 is 2.93 bits per heavy atom. The summed E-state index contributed by atoms with van der Waals surface area (Å²) in [7, 11) is 1.58. The average Bonchev–Trinajstić information content (AvgIpc) is 3.14. The number of aromatic nitrogens is 1. The molecular formula is C19H21ClF3N5O. The zero-order valence-corrected chi connectivity index (χ0v) is 16.5. The zero-order valence-electron chi connectivity index (χ0n) is 15.7. The van der Waals surface area contributed by atoms with Crippen molar-refractivity contribution in [2.45, 2.75) is 25.6 Å². The Kier molecular flexibility index (Phi) is 7.03. The number of hydrogen-bond acceptors (Lipinski definition) is 4. The molecular weight excluding hydrogens is 407 g/mol. The van der Waals surface area contributed by atoms with Crippen molar-refractivity contribution in [3.05, 3.63) is 52.9 Å². The van der Waals surface area contributed by atoms with Gasteiger partial charge in [-0.15, -0.1) is 0 Å². The van der Waals surface area contributed by atoms with Gasteiger partial charge in [0, 0.05) is 44.5 Å². The van der Waals surface area contributed by atoms with E-state index < -0.39 is 12.4 Å². The molecule has 1 saturated heterocycles. The standard InChI is InChI=1S/C19H21ClF3N5O/c1-24-19(26-10-13-15(21)5-2-6-16(13)29-18(22)23)27-12-7-9-28(11-12)17-14(20)4-3-8-25-17/h2-6,8,12,18H,7,9-11H2,1H3,(H2,24,26,27). The van der Waals surface area contributed by atoms with Crippen LogP contribution in [-0.2, 0) is 6.54 Å². The number of alkyl halides is 2. The summed E-state index contributed by atoms with van der Waals surface area (Å²) in [6, 6.07) is 7.44. The lowest BCUT2D eigenvalue weighted by Crippen LogP contribution is -2.44. The van der Waals surface area contributed by atoms with Gasteiger partial charge in [0.2, 0.25) is 0 Å². The van der Waals surface area contributed by atoms with Crippen LogP contribution in [0.5, 0.6) is 5.75 Å². The first-order valence-electron chi connectivity index (χ1n) is 9.02. The third-order valence-corrected chi connectivity index (χ3v) is 4.81. The maximum atomic E-state index is 14.1. The molecule has 2 heterocycles. The Hall–Kier alpha value is -2.68. The second-order valence-corrected chi connectivity index (χ2v) is 6.81. The van der Waals surface area contributed by atoms with Crippen LogP contribution in [-0.4, -0.2) is 43.7 Å². The van der Waals surface area contributed by atoms with Crippen molar-refractivity contribution in [1.82, 2.24) is 15.6 Å². The molecule has 0 aliphatic carbocycles. The van der Waals surface area contributed by atoms with E-state index in [0.29, 0.717) is 17.5 Å². The maximum Gasteiger partial charge on any atom is 0.387 e. The normalized spacial score (nSPS) is 17.0. The summed E-state index contributed by atoms with van der Waals surface area (Å²) < 4.78 is 43.6. The second-order valence-electron chi connectivity index (χ2n) is 6.41. The fraction of sp³-hybridized carbons (Fsp3) is 0.368. The Balaban J connectivity index is 1.59. The van der Waals surface area contributed by atoms with Crippen LogP contribution in [0.4, 0.5) is 19.0 Å². The summed E-state index contributed by atoms with van der Waals surface area (Å²) in [6.45, 7) is -1.66. The number of hydrogen-bond donors (Lipinski definition) is 2. The summed E-state index contributed by atoms with van der Waals surface area (Å²) in [4.78, 5) is 10.5. The Bertz CT molecular complexity index is 867. The molecule has 2 aromatic rings. The van der Waals surface area contributed by atoms with E-state index in [4.69, 9.17) is 11.6 Å². The van der Waals surface area contributed by atoms with Crippen molar-refractivity contribution in [3.8, 4) is 5.75 Å². The number of nitrogens with zero attached hydrogens (tertiary/aromatic N) is 3. The molecule has 2 N–H and O–H groups in total. The van der Waals surface area contributed by atoms with Gasteiger partial charge in [0.1, 0.15) is 17.4 Å². The molecule has 1 aliphatic rings. The highest BCUT2D eigenvalue weighted by atomic mass is 35.5. The van der Waals surface area contributed by atoms with E-state index in [2.05, 4.69) is 30.2 Å². The van der Waals surface area contributed by atoms with E-state index in [9.17, 15) is 13.2 Å². The number of guanidine groups is 1. The van der Waals surface area contributed by atoms with Crippen molar-refractivity contribution in [3.63, 3.8) is 0 Å². The highest BCUT2D eigenvalue weighted by molar-refractivity contribution is 6.32. The number of anilines is 1. The van der Waals surface area contributed by atoms with E-state index in [1.54, 1.807) is 25.4 Å². The number of pyridine rings is 1. The predicted molar refractivity (Wildman–Crippen MR) is 106 cm³/mol. The highest BCUT2D eigenvalue weighted by Gasteiger charge is 2.25. The minimum atomic E-state index is -3.03. The van der Waals surface area contributed by atoms with Crippen LogP contribution in [0, 0.1) is 5.82 Å². The minimum Gasteiger partial charge on any atom is -0.434 e. The number of rotatable bonds is 6. The molecule has 3 rings (SSSR count). The number of ether oxygens (including phenoxy) is 1. The van der Waals surface area contributed by atoms with Gasteiger partial charge < -0.3 is 20.3 Å². The lowest BCUT2D eigenvalue weighted by Gasteiger charge is -2.20. The molecule has 0 spiro atoms. The SMILES string of the molecule is CN=C(NCc1c(F)cccc1OC(F)F)NC1CCN(c2ncccc2Cl)C1. The number of halogens is 4. The van der Waals surface area contributed by atoms with Crippen LogP contribution in [0.15, 0.2) is 41.5 Å². The topological polar surface area (TPSA) is 61.8 Å². The van der Waals surface area contributed by atoms with Gasteiger partial charge in [0.15, 0.2) is 5.96 Å². The van der Waals surface area contributed by atoms with E-state index in [0.717, 1.165) is 18.8 Å². The first-order valence-corrected chi connectivity index (χ1v) is 9.40. The molecule has 1 aliphatic heterocycles. The summed E-state index contributed by atoms with van der Waals surface area (Å²) in [5, 5.41) is 6.78. The summed E-state index contributed by atoms with van der Waals surface area (Å²) in [5.41, 5.74) is 0.00376. The molecule has 1 atom stereocenters. The largest absolute Gasteiger partial charge is 0.434 e. The van der Waals surface area contributed by atoms with Gasteiger partial charge in [-0.3, -0.25) is 4.99 Å². The first kappa shape index (κ1) is 21.0. The molecule has 29 heavy (non-hydrogen) atoms. The second kappa shape index (κ2) is 9.69. The summed E-state index contributed by atoms with van der Waals surface area (Å²) in [6.07, 6.45) is 2.52. The molecule has 156 valence electrons. The Labute approximate surface area is 171 Å². The van der Waals surface area contributed by atoms with Gasteiger partial charge in [0.05, 0.1) is 5.02 Å². The molecule has 1 unspecified atom stereocenters. The van der Waals surface area contributed by atoms with E-state index in [-0.39, 0.29) is 23.9 Å². The molecule has 0 saturated carbocycles. The van der Waals surface area contributed by atoms with E-state index >= 15 is 0 Å². The minimum absolute atomic E-state index is 0.00376. The fourth-order valence-corrected chi connectivity index (χ4v) is 3.40. The predicted octanol–water partition coefficient (Wildman–Crippen LogP) is 3.42. The smallest absolute Gasteiger partial charge is 0.387 e. The van der Waals surface area contributed by atoms with Crippen LogP contribution >= 0.6 is 11.6 Å². The maximum absolute atomic E-state index is 14.1. The Morgan fingerprint density at radius 1 is 1.38 bits per heavy atom. The molecule has 1 aromatic heterocycles. The fourth-order valence-electron chi connectivity index (χ4n) is 3.16. The van der Waals surface area contributed by atoms with Crippen LogP contribution in [0.3, 0.4) is 0 Å². The third-order valence-electron chi connectivity index (χ3n) is 4.52. The lowest BCUT2D eigenvalue weighted by atomic mass is 10.2. The molecule has 0 radical (unpaired) electrons. The molecule has 0 bridgehead atoms. The van der Waals surface area contributed by atoms with E-state index in [1.807, 2.05) is 0 Å². The Morgan fingerprint density at radius 2 is 2.21 bits per heavy atom. The van der Waals surface area contributed by atoms with Gasteiger partial charge in [-0.25, -0.2) is 9.37 Å². The average molecular weight is 428 g/mol. The molecule has 1 aromatic carbocycles. The third kappa shape index (κ3) is 5.44. The number of nitrogens with one attached hydrogen (secondary N) is 2. The van der Waals surface area contributed by atoms with Gasteiger partial charge in [0.25, 0.3) is 0 Å². The van der Waals surface area contributed by atoms with Crippen molar-refractivity contribution >= 4 is 23.4 Å². The van der Waals surface area contributed by atoms with Crippen molar-refractivity contribution < 1.29 is 17.9 Å². The van der Waals surface area contributed by atoms with Crippen LogP contribution in [0.2, 0.25) is 5.02 Å². The first-order chi connectivity index (χ1) is 14.0. The molecule has 0 amide bonds. The van der Waals surface area contributed by atoms with Crippen molar-refractivity contribution in [2.24, 2.45) is 4.99 Å².